The van der Waals surface area contributed by atoms with Crippen molar-refractivity contribution in [2.45, 2.75) is 25.1 Å². The van der Waals surface area contributed by atoms with Crippen LogP contribution in [0.2, 0.25) is 0 Å². The number of carboxylic acids is 2. The maximum Gasteiger partial charge on any atom is 0.321 e. The molecule has 0 aliphatic heterocycles. The van der Waals surface area contributed by atoms with E-state index in [1.807, 2.05) is 0 Å². The molecule has 3 atom stereocenters. The van der Waals surface area contributed by atoms with Gasteiger partial charge in [-0.05, 0) is 0 Å². The number of carboxylic acid groups (broad SMARTS) is 2. The Balaban J connectivity index is 3.90. The average Bonchev–Trinajstić information content (AvgIpc) is 2.11. The molecule has 0 aromatic carbocycles. The molecule has 0 spiro atoms. The molecule has 0 fully saturated rings. The van der Waals surface area contributed by atoms with Crippen molar-refractivity contribution in [3.63, 3.8) is 0 Å². The molecule has 0 radical (unpaired) electrons. The van der Waals surface area contributed by atoms with Crippen molar-refractivity contribution in [2.75, 3.05) is 5.75 Å². The smallest absolute Gasteiger partial charge is 0.321 e. The highest BCUT2D eigenvalue weighted by Gasteiger charge is 2.21. The molecule has 0 saturated carbocycles. The summed E-state index contributed by atoms with van der Waals surface area (Å²) >= 11 is 1.26. The lowest BCUT2D eigenvalue weighted by Crippen LogP contribution is -2.34. The van der Waals surface area contributed by atoms with Crippen LogP contribution in [-0.2, 0) is 9.59 Å². The first-order valence-electron chi connectivity index (χ1n) is 4.19. The first kappa shape index (κ1) is 13.2. The van der Waals surface area contributed by atoms with Crippen molar-refractivity contribution in [2.24, 2.45) is 11.7 Å². The Labute approximate surface area is 86.7 Å². The molecule has 0 heterocycles. The minimum Gasteiger partial charge on any atom is -0.481 e. The summed E-state index contributed by atoms with van der Waals surface area (Å²) in [6.07, 6.45) is 0. The molecule has 0 saturated heterocycles. The van der Waals surface area contributed by atoms with Crippen LogP contribution in [-0.4, -0.2) is 39.2 Å². The third-order valence-electron chi connectivity index (χ3n) is 1.95. The van der Waals surface area contributed by atoms with Gasteiger partial charge in [0.2, 0.25) is 0 Å². The van der Waals surface area contributed by atoms with Gasteiger partial charge in [0.05, 0.1) is 5.92 Å². The molecule has 0 aliphatic carbocycles. The summed E-state index contributed by atoms with van der Waals surface area (Å²) in [6, 6.07) is -0.927. The summed E-state index contributed by atoms with van der Waals surface area (Å²) in [6.45, 7) is 3.34. The van der Waals surface area contributed by atoms with E-state index in [0.29, 0.717) is 0 Å². The van der Waals surface area contributed by atoms with E-state index in [9.17, 15) is 9.59 Å². The van der Waals surface area contributed by atoms with Crippen molar-refractivity contribution < 1.29 is 19.8 Å². The predicted molar refractivity (Wildman–Crippen MR) is 54.3 cm³/mol. The summed E-state index contributed by atoms with van der Waals surface area (Å²) in [7, 11) is 0. The second-order valence-corrected chi connectivity index (χ2v) is 4.52. The standard InChI is InChI=1S/C8H15NO4S/c1-4(7(10)11)5(2)14-3-6(9)8(12)13/h4-6H,3,9H2,1-2H3,(H,10,11)(H,12,13)/t4?,5?,6-/m0/s1. The molecular weight excluding hydrogens is 206 g/mol. The van der Waals surface area contributed by atoms with Gasteiger partial charge < -0.3 is 15.9 Å². The Morgan fingerprint density at radius 3 is 2.14 bits per heavy atom. The number of rotatable bonds is 6. The number of thioether (sulfide) groups is 1. The maximum atomic E-state index is 10.6. The van der Waals surface area contributed by atoms with Gasteiger partial charge in [-0.3, -0.25) is 9.59 Å². The van der Waals surface area contributed by atoms with Gasteiger partial charge in [0.15, 0.2) is 0 Å². The van der Waals surface area contributed by atoms with Gasteiger partial charge in [-0.1, -0.05) is 13.8 Å². The Morgan fingerprint density at radius 2 is 1.79 bits per heavy atom. The van der Waals surface area contributed by atoms with Crippen molar-refractivity contribution in [1.29, 1.82) is 0 Å². The normalized spacial score (nSPS) is 17.1. The average molecular weight is 221 g/mol. The van der Waals surface area contributed by atoms with E-state index >= 15 is 0 Å². The fourth-order valence-electron chi connectivity index (χ4n) is 0.672. The van der Waals surface area contributed by atoms with E-state index in [2.05, 4.69) is 0 Å². The topological polar surface area (TPSA) is 101 Å². The molecule has 0 bridgehead atoms. The fourth-order valence-corrected chi connectivity index (χ4v) is 1.73. The van der Waals surface area contributed by atoms with E-state index in [-0.39, 0.29) is 11.0 Å². The quantitative estimate of drug-likeness (QED) is 0.594. The van der Waals surface area contributed by atoms with Gasteiger partial charge in [0.25, 0.3) is 0 Å². The van der Waals surface area contributed by atoms with Crippen LogP contribution in [0.1, 0.15) is 13.8 Å². The lowest BCUT2D eigenvalue weighted by molar-refractivity contribution is -0.141. The predicted octanol–water partition coefficient (Wildman–Crippen LogP) is 0.241. The number of carbonyl (C=O) groups is 2. The molecule has 0 rings (SSSR count). The molecule has 4 N–H and O–H groups in total. The molecule has 0 amide bonds. The fraction of sp³-hybridized carbons (Fsp3) is 0.750. The largest absolute Gasteiger partial charge is 0.481 e. The summed E-state index contributed by atoms with van der Waals surface area (Å²) in [5, 5.41) is 17.0. The van der Waals surface area contributed by atoms with Crippen molar-refractivity contribution >= 4 is 23.7 Å². The molecule has 82 valence electrons. The molecule has 0 aromatic rings. The number of nitrogens with two attached hydrogens (primary N) is 1. The number of aliphatic carboxylic acids is 2. The van der Waals surface area contributed by atoms with Crippen LogP contribution >= 0.6 is 11.8 Å². The summed E-state index contributed by atoms with van der Waals surface area (Å²) in [5.74, 6) is -2.21. The van der Waals surface area contributed by atoms with Gasteiger partial charge in [-0.2, -0.15) is 11.8 Å². The van der Waals surface area contributed by atoms with Crippen LogP contribution in [0.4, 0.5) is 0 Å². The second kappa shape index (κ2) is 5.87. The number of hydrogen-bond acceptors (Lipinski definition) is 4. The highest BCUT2D eigenvalue weighted by atomic mass is 32.2. The van der Waals surface area contributed by atoms with Gasteiger partial charge in [0.1, 0.15) is 6.04 Å². The maximum absolute atomic E-state index is 10.6. The Morgan fingerprint density at radius 1 is 1.29 bits per heavy atom. The van der Waals surface area contributed by atoms with Crippen LogP contribution in [0.3, 0.4) is 0 Å². The van der Waals surface area contributed by atoms with Gasteiger partial charge in [-0.15, -0.1) is 0 Å². The second-order valence-electron chi connectivity index (χ2n) is 3.11. The van der Waals surface area contributed by atoms with Crippen LogP contribution in [0.5, 0.6) is 0 Å². The summed E-state index contributed by atoms with van der Waals surface area (Å²) in [4.78, 5) is 20.9. The third kappa shape index (κ3) is 4.48. The molecule has 14 heavy (non-hydrogen) atoms. The van der Waals surface area contributed by atoms with E-state index in [1.54, 1.807) is 13.8 Å². The molecule has 6 heteroatoms. The zero-order valence-electron chi connectivity index (χ0n) is 8.14. The SMILES string of the molecule is CC(SC[C@H](N)C(=O)O)C(C)C(=O)O. The van der Waals surface area contributed by atoms with Gasteiger partial charge in [-0.25, -0.2) is 0 Å². The number of hydrogen-bond donors (Lipinski definition) is 3. The van der Waals surface area contributed by atoms with Crippen molar-refractivity contribution in [1.82, 2.24) is 0 Å². The van der Waals surface area contributed by atoms with Gasteiger partial charge >= 0.3 is 11.9 Å². The van der Waals surface area contributed by atoms with E-state index < -0.39 is 23.9 Å². The van der Waals surface area contributed by atoms with Crippen LogP contribution in [0.25, 0.3) is 0 Å². The first-order valence-corrected chi connectivity index (χ1v) is 5.24. The van der Waals surface area contributed by atoms with Gasteiger partial charge in [0, 0.05) is 11.0 Å². The van der Waals surface area contributed by atoms with E-state index in [1.165, 1.54) is 11.8 Å². The minimum absolute atomic E-state index is 0.141. The molecule has 0 aromatic heterocycles. The molecular formula is C8H15NO4S. The minimum atomic E-state index is -1.06. The molecule has 0 aliphatic rings. The van der Waals surface area contributed by atoms with E-state index in [4.69, 9.17) is 15.9 Å². The Bertz CT molecular complexity index is 221. The summed E-state index contributed by atoms with van der Waals surface area (Å²) in [5.41, 5.74) is 5.27. The van der Waals surface area contributed by atoms with Crippen molar-refractivity contribution in [3.05, 3.63) is 0 Å². The Hall–Kier alpha value is -0.750. The summed E-state index contributed by atoms with van der Waals surface area (Å²) < 4.78 is 0. The highest BCUT2D eigenvalue weighted by Crippen LogP contribution is 2.19. The highest BCUT2D eigenvalue weighted by molar-refractivity contribution is 8.00. The van der Waals surface area contributed by atoms with Crippen molar-refractivity contribution in [3.8, 4) is 0 Å². The van der Waals surface area contributed by atoms with E-state index in [0.717, 1.165) is 0 Å². The third-order valence-corrected chi connectivity index (χ3v) is 3.44. The monoisotopic (exact) mass is 221 g/mol. The lowest BCUT2D eigenvalue weighted by atomic mass is 10.1. The molecule has 5 nitrogen and oxygen atoms in total. The first-order chi connectivity index (χ1) is 6.36. The van der Waals surface area contributed by atoms with Crippen LogP contribution < -0.4 is 5.73 Å². The lowest BCUT2D eigenvalue weighted by Gasteiger charge is -2.16. The van der Waals surface area contributed by atoms with Crippen LogP contribution in [0, 0.1) is 5.92 Å². The molecule has 2 unspecified atom stereocenters. The zero-order chi connectivity index (χ0) is 11.3. The zero-order valence-corrected chi connectivity index (χ0v) is 8.95. The van der Waals surface area contributed by atoms with Crippen LogP contribution in [0.15, 0.2) is 0 Å². The Kier molecular flexibility index (Phi) is 5.56.